The summed E-state index contributed by atoms with van der Waals surface area (Å²) < 4.78 is 41.3. The van der Waals surface area contributed by atoms with E-state index in [0.717, 1.165) is 12.1 Å². The quantitative estimate of drug-likeness (QED) is 0.589. The molecule has 0 unspecified atom stereocenters. The number of carbonyl (C=O) groups is 1. The van der Waals surface area contributed by atoms with E-state index >= 15 is 0 Å². The number of methoxy groups -OCH3 is 1. The first-order valence-electron chi connectivity index (χ1n) is 4.78. The standard InChI is InChI=1S/C12H11F3O2/c1-8(7-11(16)17-2)9-3-5-10(6-4-9)12(13,14)15/h3-7H,1-2H3. The van der Waals surface area contributed by atoms with E-state index in [-0.39, 0.29) is 0 Å². The van der Waals surface area contributed by atoms with Gasteiger partial charge in [0.15, 0.2) is 0 Å². The molecule has 0 N–H and O–H groups in total. The van der Waals surface area contributed by atoms with Crippen LogP contribution in [0.1, 0.15) is 18.1 Å². The largest absolute Gasteiger partial charge is 0.466 e. The van der Waals surface area contributed by atoms with Crippen LogP contribution in [-0.2, 0) is 15.7 Å². The summed E-state index contributed by atoms with van der Waals surface area (Å²) in [6, 6.07) is 4.59. The highest BCUT2D eigenvalue weighted by Crippen LogP contribution is 2.29. The minimum Gasteiger partial charge on any atom is -0.466 e. The maximum atomic E-state index is 12.3. The highest BCUT2D eigenvalue weighted by Gasteiger charge is 2.29. The molecule has 0 saturated carbocycles. The molecule has 0 fully saturated rings. The van der Waals surface area contributed by atoms with Crippen LogP contribution in [0.4, 0.5) is 13.2 Å². The Morgan fingerprint density at radius 1 is 1.24 bits per heavy atom. The minimum absolute atomic E-state index is 0.539. The summed E-state index contributed by atoms with van der Waals surface area (Å²) in [5.41, 5.74) is 0.376. The van der Waals surface area contributed by atoms with Crippen molar-refractivity contribution in [2.45, 2.75) is 13.1 Å². The van der Waals surface area contributed by atoms with Gasteiger partial charge < -0.3 is 4.74 Å². The number of benzene rings is 1. The van der Waals surface area contributed by atoms with Crippen LogP contribution in [0.25, 0.3) is 5.57 Å². The lowest BCUT2D eigenvalue weighted by Gasteiger charge is -2.07. The third-order valence-electron chi connectivity index (χ3n) is 2.20. The lowest BCUT2D eigenvalue weighted by molar-refractivity contribution is -0.137. The summed E-state index contributed by atoms with van der Waals surface area (Å²) in [4.78, 5) is 10.9. The predicted octanol–water partition coefficient (Wildman–Crippen LogP) is 3.28. The molecule has 0 aliphatic heterocycles. The molecule has 0 radical (unpaired) electrons. The summed E-state index contributed by atoms with van der Waals surface area (Å²) in [5.74, 6) is -0.539. The summed E-state index contributed by atoms with van der Waals surface area (Å²) >= 11 is 0. The van der Waals surface area contributed by atoms with E-state index in [1.54, 1.807) is 6.92 Å². The molecule has 0 aliphatic rings. The number of hydrogen-bond donors (Lipinski definition) is 0. The molecule has 0 aromatic heterocycles. The fourth-order valence-electron chi connectivity index (χ4n) is 1.24. The molecular formula is C12H11F3O2. The fraction of sp³-hybridized carbons (Fsp3) is 0.250. The topological polar surface area (TPSA) is 26.3 Å². The maximum absolute atomic E-state index is 12.3. The Morgan fingerprint density at radius 2 is 1.76 bits per heavy atom. The van der Waals surface area contributed by atoms with E-state index in [2.05, 4.69) is 4.74 Å². The summed E-state index contributed by atoms with van der Waals surface area (Å²) in [5, 5.41) is 0. The van der Waals surface area contributed by atoms with Crippen LogP contribution in [0, 0.1) is 0 Å². The van der Waals surface area contributed by atoms with Crippen LogP contribution in [0.2, 0.25) is 0 Å². The maximum Gasteiger partial charge on any atom is 0.416 e. The Kier molecular flexibility index (Phi) is 3.93. The SMILES string of the molecule is COC(=O)C=C(C)c1ccc(C(F)(F)F)cc1. The molecule has 0 spiro atoms. The van der Waals surface area contributed by atoms with Gasteiger partial charge in [-0.2, -0.15) is 13.2 Å². The van der Waals surface area contributed by atoms with Crippen molar-refractivity contribution in [2.24, 2.45) is 0 Å². The smallest absolute Gasteiger partial charge is 0.416 e. The van der Waals surface area contributed by atoms with Crippen molar-refractivity contribution in [2.75, 3.05) is 7.11 Å². The van der Waals surface area contributed by atoms with Crippen molar-refractivity contribution in [3.8, 4) is 0 Å². The average Bonchev–Trinajstić information content (AvgIpc) is 2.27. The first-order valence-corrected chi connectivity index (χ1v) is 4.78. The fourth-order valence-corrected chi connectivity index (χ4v) is 1.24. The summed E-state index contributed by atoms with van der Waals surface area (Å²) in [7, 11) is 1.23. The van der Waals surface area contributed by atoms with E-state index in [4.69, 9.17) is 0 Å². The molecule has 0 atom stereocenters. The molecule has 1 rings (SSSR count). The van der Waals surface area contributed by atoms with Crippen LogP contribution in [-0.4, -0.2) is 13.1 Å². The van der Waals surface area contributed by atoms with Gasteiger partial charge in [-0.3, -0.25) is 0 Å². The average molecular weight is 244 g/mol. The van der Waals surface area contributed by atoms with Gasteiger partial charge in [0.2, 0.25) is 0 Å². The van der Waals surface area contributed by atoms with Gasteiger partial charge in [0.05, 0.1) is 12.7 Å². The number of allylic oxidation sites excluding steroid dienone is 1. The number of esters is 1. The third kappa shape index (κ3) is 3.62. The van der Waals surface area contributed by atoms with E-state index in [9.17, 15) is 18.0 Å². The Hall–Kier alpha value is -1.78. The first kappa shape index (κ1) is 13.3. The van der Waals surface area contributed by atoms with E-state index in [0.29, 0.717) is 11.1 Å². The Labute approximate surface area is 96.7 Å². The molecule has 2 nitrogen and oxygen atoms in total. The number of rotatable bonds is 2. The van der Waals surface area contributed by atoms with Gasteiger partial charge in [-0.15, -0.1) is 0 Å². The van der Waals surface area contributed by atoms with E-state index in [1.165, 1.54) is 25.3 Å². The molecule has 1 aromatic rings. The second kappa shape index (κ2) is 5.03. The summed E-state index contributed by atoms with van der Waals surface area (Å²) in [6.07, 6.45) is -3.12. The lowest BCUT2D eigenvalue weighted by atomic mass is 10.0. The number of carbonyl (C=O) groups excluding carboxylic acids is 1. The number of alkyl halides is 3. The van der Waals surface area contributed by atoms with E-state index in [1.807, 2.05) is 0 Å². The Balaban J connectivity index is 2.96. The van der Waals surface area contributed by atoms with Gasteiger partial charge in [0.25, 0.3) is 0 Å². The zero-order valence-electron chi connectivity index (χ0n) is 9.34. The van der Waals surface area contributed by atoms with Crippen LogP contribution in [0.15, 0.2) is 30.3 Å². The lowest BCUT2D eigenvalue weighted by Crippen LogP contribution is -2.04. The molecule has 92 valence electrons. The normalized spacial score (nSPS) is 12.4. The van der Waals surface area contributed by atoms with E-state index < -0.39 is 17.7 Å². The monoisotopic (exact) mass is 244 g/mol. The molecule has 0 bridgehead atoms. The minimum atomic E-state index is -4.35. The molecule has 1 aromatic carbocycles. The van der Waals surface area contributed by atoms with Gasteiger partial charge in [0.1, 0.15) is 0 Å². The second-order valence-electron chi connectivity index (χ2n) is 3.43. The first-order chi connectivity index (χ1) is 7.84. The molecule has 0 aliphatic carbocycles. The second-order valence-corrected chi connectivity index (χ2v) is 3.43. The Bertz CT molecular complexity index is 430. The predicted molar refractivity (Wildman–Crippen MR) is 57.1 cm³/mol. The molecule has 5 heteroatoms. The highest BCUT2D eigenvalue weighted by molar-refractivity contribution is 5.90. The number of hydrogen-bond acceptors (Lipinski definition) is 2. The van der Waals surface area contributed by atoms with Crippen molar-refractivity contribution in [3.05, 3.63) is 41.5 Å². The number of halogens is 3. The van der Waals surface area contributed by atoms with Crippen molar-refractivity contribution in [1.82, 2.24) is 0 Å². The molecule has 17 heavy (non-hydrogen) atoms. The van der Waals surface area contributed by atoms with Crippen LogP contribution in [0.3, 0.4) is 0 Å². The summed E-state index contributed by atoms with van der Waals surface area (Å²) in [6.45, 7) is 1.62. The molecule has 0 amide bonds. The molecule has 0 heterocycles. The molecular weight excluding hydrogens is 233 g/mol. The van der Waals surface area contributed by atoms with Crippen molar-refractivity contribution in [3.63, 3.8) is 0 Å². The van der Waals surface area contributed by atoms with Crippen LogP contribution < -0.4 is 0 Å². The van der Waals surface area contributed by atoms with Gasteiger partial charge in [0, 0.05) is 6.08 Å². The van der Waals surface area contributed by atoms with Crippen LogP contribution >= 0.6 is 0 Å². The zero-order chi connectivity index (χ0) is 13.1. The van der Waals surface area contributed by atoms with Crippen molar-refractivity contribution >= 4 is 11.5 Å². The highest BCUT2D eigenvalue weighted by atomic mass is 19.4. The van der Waals surface area contributed by atoms with Crippen molar-refractivity contribution in [1.29, 1.82) is 0 Å². The zero-order valence-corrected chi connectivity index (χ0v) is 9.34. The molecule has 0 saturated heterocycles. The van der Waals surface area contributed by atoms with Gasteiger partial charge in [-0.25, -0.2) is 4.79 Å². The number of ether oxygens (including phenoxy) is 1. The van der Waals surface area contributed by atoms with Gasteiger partial charge in [-0.1, -0.05) is 12.1 Å². The van der Waals surface area contributed by atoms with Crippen LogP contribution in [0.5, 0.6) is 0 Å². The van der Waals surface area contributed by atoms with Gasteiger partial charge >= 0.3 is 12.1 Å². The van der Waals surface area contributed by atoms with Crippen molar-refractivity contribution < 1.29 is 22.7 Å². The Morgan fingerprint density at radius 3 is 2.18 bits per heavy atom. The van der Waals surface area contributed by atoms with Gasteiger partial charge in [-0.05, 0) is 30.2 Å². The third-order valence-corrected chi connectivity index (χ3v) is 2.20.